The first kappa shape index (κ1) is 30.5. The molecule has 0 atom stereocenters. The van der Waals surface area contributed by atoms with E-state index in [0.717, 1.165) is 28.1 Å². The Morgan fingerprint density at radius 2 is 1.77 bits per heavy atom. The predicted molar refractivity (Wildman–Crippen MR) is 164 cm³/mol. The zero-order valence-corrected chi connectivity index (χ0v) is 25.1. The number of hydrogen-bond acceptors (Lipinski definition) is 5. The molecular weight excluding hydrogens is 589 g/mol. The number of amides is 2. The number of nitrogens with one attached hydrogen (secondary N) is 1. The Hall–Kier alpha value is -4.97. The van der Waals surface area contributed by atoms with Gasteiger partial charge in [-0.25, -0.2) is 14.5 Å². The number of thiazole rings is 1. The summed E-state index contributed by atoms with van der Waals surface area (Å²) in [6.07, 6.45) is 0.00960. The van der Waals surface area contributed by atoms with Crippen LogP contribution >= 0.6 is 11.3 Å². The third-order valence-corrected chi connectivity index (χ3v) is 7.55. The number of carbonyl (C=O) groups is 1. The lowest BCUT2D eigenvalue weighted by molar-refractivity contribution is -0.274. The van der Waals surface area contributed by atoms with E-state index in [-0.39, 0.29) is 5.75 Å². The van der Waals surface area contributed by atoms with Gasteiger partial charge >= 0.3 is 12.4 Å². The molecule has 0 aliphatic carbocycles. The maximum atomic E-state index is 12.7. The van der Waals surface area contributed by atoms with Crippen LogP contribution in [-0.2, 0) is 0 Å². The second kappa shape index (κ2) is 12.7. The van der Waals surface area contributed by atoms with Gasteiger partial charge in [0, 0.05) is 22.8 Å². The summed E-state index contributed by atoms with van der Waals surface area (Å²) in [5.41, 5.74) is 6.43. The van der Waals surface area contributed by atoms with E-state index in [1.54, 1.807) is 6.08 Å². The molecule has 0 saturated heterocycles. The number of rotatable bonds is 7. The van der Waals surface area contributed by atoms with Crippen molar-refractivity contribution in [2.24, 2.45) is 4.99 Å². The number of nitrogens with zero attached hydrogens (tertiary/aromatic N) is 5. The Balaban J connectivity index is 1.25. The Morgan fingerprint density at radius 3 is 2.45 bits per heavy atom. The van der Waals surface area contributed by atoms with E-state index in [1.165, 1.54) is 58.4 Å². The number of aromatic nitrogens is 4. The highest BCUT2D eigenvalue weighted by molar-refractivity contribution is 7.07. The molecule has 226 valence electrons. The highest BCUT2D eigenvalue weighted by Crippen LogP contribution is 2.26. The molecule has 44 heavy (non-hydrogen) atoms. The Labute approximate surface area is 255 Å². The molecule has 2 heterocycles. The van der Waals surface area contributed by atoms with Crippen LogP contribution in [0.3, 0.4) is 0 Å². The average molecular weight is 619 g/mol. The predicted octanol–water partition coefficient (Wildman–Crippen LogP) is 7.71. The quantitative estimate of drug-likeness (QED) is 0.203. The van der Waals surface area contributed by atoms with Gasteiger partial charge < -0.3 is 10.1 Å². The summed E-state index contributed by atoms with van der Waals surface area (Å²) < 4.78 is 44.6. The number of aryl methyl sites for hydroxylation is 2. The molecule has 12 heteroatoms. The summed E-state index contributed by atoms with van der Waals surface area (Å²) in [5, 5.41) is 9.11. The van der Waals surface area contributed by atoms with Crippen molar-refractivity contribution in [3.63, 3.8) is 0 Å². The first-order chi connectivity index (χ1) is 21.0. The lowest BCUT2D eigenvalue weighted by Gasteiger charge is -2.16. The maximum absolute atomic E-state index is 12.7. The molecule has 0 saturated carbocycles. The summed E-state index contributed by atoms with van der Waals surface area (Å²) >= 11 is 1.41. The highest BCUT2D eigenvalue weighted by Gasteiger charge is 2.31. The van der Waals surface area contributed by atoms with Crippen molar-refractivity contribution in [3.05, 3.63) is 112 Å². The Kier molecular flexibility index (Phi) is 8.81. The van der Waals surface area contributed by atoms with Crippen molar-refractivity contribution in [2.45, 2.75) is 40.0 Å². The summed E-state index contributed by atoms with van der Waals surface area (Å²) in [6.45, 7) is 8.33. The topological polar surface area (TPSA) is 86.3 Å². The van der Waals surface area contributed by atoms with Gasteiger partial charge in [-0.2, -0.15) is 4.99 Å². The minimum atomic E-state index is -4.75. The van der Waals surface area contributed by atoms with Crippen LogP contribution in [0.2, 0.25) is 0 Å². The number of urea groups is 1. The largest absolute Gasteiger partial charge is 0.573 e. The van der Waals surface area contributed by atoms with Crippen molar-refractivity contribution in [1.29, 1.82) is 0 Å². The number of benzene rings is 3. The fourth-order valence-electron chi connectivity index (χ4n) is 4.49. The van der Waals surface area contributed by atoms with Crippen LogP contribution in [0, 0.1) is 13.8 Å². The summed E-state index contributed by atoms with van der Waals surface area (Å²) in [5.74, 6) is 0.433. The summed E-state index contributed by atoms with van der Waals surface area (Å²) in [6, 6.07) is 18.5. The van der Waals surface area contributed by atoms with Crippen LogP contribution in [0.4, 0.5) is 18.0 Å². The van der Waals surface area contributed by atoms with E-state index < -0.39 is 12.4 Å². The average Bonchev–Trinajstić information content (AvgIpc) is 3.60. The molecule has 1 N–H and O–H groups in total. The molecule has 3 aromatic carbocycles. The molecule has 5 rings (SSSR count). The van der Waals surface area contributed by atoms with Gasteiger partial charge in [0.1, 0.15) is 12.1 Å². The zero-order chi connectivity index (χ0) is 31.4. The van der Waals surface area contributed by atoms with Crippen molar-refractivity contribution in [2.75, 3.05) is 0 Å². The molecule has 8 nitrogen and oxygen atoms in total. The van der Waals surface area contributed by atoms with Crippen LogP contribution in [0.1, 0.15) is 42.1 Å². The van der Waals surface area contributed by atoms with Gasteiger partial charge in [0.2, 0.25) is 0 Å². The third-order valence-electron chi connectivity index (χ3n) is 6.60. The van der Waals surface area contributed by atoms with Crippen LogP contribution < -0.4 is 14.9 Å². The Bertz CT molecular complexity index is 1870. The SMILES string of the molecule is Cc1ccc(C(C)C)c(-n2c(C)cs/c2=N\C(=O)N/C=C/c2ccc(-c3ncn(-c4ccc(OC(F)(F)F)cc4)n3)cc2)c1. The number of halogens is 3. The fraction of sp³-hybridized carbons (Fsp3) is 0.188. The van der Waals surface area contributed by atoms with E-state index in [4.69, 9.17) is 0 Å². The molecule has 2 amide bonds. The van der Waals surface area contributed by atoms with Gasteiger partial charge in [0.15, 0.2) is 10.6 Å². The second-order valence-electron chi connectivity index (χ2n) is 10.3. The van der Waals surface area contributed by atoms with Gasteiger partial charge in [0.05, 0.1) is 11.4 Å². The minimum Gasteiger partial charge on any atom is -0.406 e. The van der Waals surface area contributed by atoms with E-state index in [2.05, 4.69) is 57.2 Å². The van der Waals surface area contributed by atoms with Crippen molar-refractivity contribution in [1.82, 2.24) is 24.6 Å². The first-order valence-corrected chi connectivity index (χ1v) is 14.5. The molecule has 0 bridgehead atoms. The zero-order valence-electron chi connectivity index (χ0n) is 24.3. The fourth-order valence-corrected chi connectivity index (χ4v) is 5.36. The van der Waals surface area contributed by atoms with E-state index in [9.17, 15) is 18.0 Å². The maximum Gasteiger partial charge on any atom is 0.573 e. The lowest BCUT2D eigenvalue weighted by Crippen LogP contribution is -2.22. The minimum absolute atomic E-state index is 0.308. The van der Waals surface area contributed by atoms with Crippen molar-refractivity contribution in [3.8, 4) is 28.5 Å². The molecule has 0 aliphatic heterocycles. The Morgan fingerprint density at radius 1 is 1.05 bits per heavy atom. The van der Waals surface area contributed by atoms with Crippen LogP contribution in [0.15, 0.2) is 89.6 Å². The molecular formula is C32H29F3N6O2S. The van der Waals surface area contributed by atoms with Crippen molar-refractivity contribution >= 4 is 23.4 Å². The molecule has 0 unspecified atom stereocenters. The molecule has 0 aliphatic rings. The molecule has 5 aromatic rings. The van der Waals surface area contributed by atoms with E-state index in [0.29, 0.717) is 22.2 Å². The van der Waals surface area contributed by atoms with Crippen LogP contribution in [0.5, 0.6) is 5.75 Å². The highest BCUT2D eigenvalue weighted by atomic mass is 32.1. The smallest absolute Gasteiger partial charge is 0.406 e. The number of carbonyl (C=O) groups excluding carboxylic acids is 1. The number of alkyl halides is 3. The van der Waals surface area contributed by atoms with Crippen LogP contribution in [-0.4, -0.2) is 31.7 Å². The first-order valence-electron chi connectivity index (χ1n) is 13.6. The summed E-state index contributed by atoms with van der Waals surface area (Å²) in [7, 11) is 0. The van der Waals surface area contributed by atoms with Gasteiger partial charge in [-0.3, -0.25) is 4.57 Å². The number of hydrogen-bond donors (Lipinski definition) is 1. The third kappa shape index (κ3) is 7.32. The van der Waals surface area contributed by atoms with Crippen LogP contribution in [0.25, 0.3) is 28.8 Å². The lowest BCUT2D eigenvalue weighted by atomic mass is 9.99. The second-order valence-corrected chi connectivity index (χ2v) is 11.1. The molecule has 0 spiro atoms. The molecule has 2 aromatic heterocycles. The monoisotopic (exact) mass is 618 g/mol. The van der Waals surface area contributed by atoms with Gasteiger partial charge in [-0.05, 0) is 72.9 Å². The van der Waals surface area contributed by atoms with Crippen molar-refractivity contribution < 1.29 is 22.7 Å². The van der Waals surface area contributed by atoms with Gasteiger partial charge in [-0.15, -0.1) is 29.6 Å². The standard InChI is InChI=1S/C32H29F3N6O2S/c1-20(2)27-14-5-21(3)17-28(27)41-22(4)18-44-31(41)38-30(42)36-16-15-23-6-8-24(9-7-23)29-37-19-40(39-29)25-10-12-26(13-11-25)43-32(33,34)35/h5-20H,1-4H3,(H,36,42)/b16-15+,38-31-. The number of ether oxygens (including phenoxy) is 1. The van der Waals surface area contributed by atoms with E-state index >= 15 is 0 Å². The van der Waals surface area contributed by atoms with Gasteiger partial charge in [0.25, 0.3) is 0 Å². The van der Waals surface area contributed by atoms with Gasteiger partial charge in [-0.1, -0.05) is 50.2 Å². The molecule has 0 fully saturated rings. The molecule has 0 radical (unpaired) electrons. The normalized spacial score (nSPS) is 12.3. The van der Waals surface area contributed by atoms with E-state index in [1.807, 2.05) is 48.1 Å². The summed E-state index contributed by atoms with van der Waals surface area (Å²) in [4.78, 5) is 21.9.